The van der Waals surface area contributed by atoms with E-state index in [1.807, 2.05) is 12.1 Å². The molecule has 0 radical (unpaired) electrons. The maximum absolute atomic E-state index is 11.8. The van der Waals surface area contributed by atoms with Gasteiger partial charge >= 0.3 is 10.8 Å². The van der Waals surface area contributed by atoms with Crippen LogP contribution in [0.4, 0.5) is 0 Å². The van der Waals surface area contributed by atoms with Crippen molar-refractivity contribution in [3.63, 3.8) is 0 Å². The van der Waals surface area contributed by atoms with Crippen LogP contribution >= 0.6 is 27.3 Å². The predicted octanol–water partition coefficient (Wildman–Crippen LogP) is 2.37. The number of halogens is 1. The molecule has 0 saturated heterocycles. The van der Waals surface area contributed by atoms with Crippen LogP contribution in [0.5, 0.6) is 0 Å². The molecule has 94 valence electrons. The monoisotopic (exact) mass is 328 g/mol. The summed E-state index contributed by atoms with van der Waals surface area (Å²) in [6, 6.07) is 5.45. The van der Waals surface area contributed by atoms with Gasteiger partial charge in [-0.15, -0.1) is 0 Å². The van der Waals surface area contributed by atoms with E-state index in [1.165, 1.54) is 11.5 Å². The van der Waals surface area contributed by atoms with Crippen molar-refractivity contribution in [3.8, 4) is 0 Å². The molecular formula is C11H9BrN2O3S. The van der Waals surface area contributed by atoms with Gasteiger partial charge in [0, 0.05) is 11.4 Å². The fraction of sp³-hybridized carbons (Fsp3) is 0.182. The third-order valence-electron chi connectivity index (χ3n) is 2.20. The van der Waals surface area contributed by atoms with E-state index in [0.717, 1.165) is 26.0 Å². The lowest BCUT2D eigenvalue weighted by molar-refractivity contribution is -0.133. The van der Waals surface area contributed by atoms with Gasteiger partial charge in [0.2, 0.25) is 5.90 Å². The zero-order chi connectivity index (χ0) is 13.3. The molecule has 0 aliphatic heterocycles. The topological polar surface area (TPSA) is 72.2 Å². The molecular weight excluding hydrogens is 320 g/mol. The van der Waals surface area contributed by atoms with E-state index < -0.39 is 5.97 Å². The van der Waals surface area contributed by atoms with Crippen molar-refractivity contribution in [2.24, 2.45) is 0 Å². The molecule has 0 amide bonds. The standard InChI is InChI=1S/C11H9BrN2O3S/c1-6(15)17-10(13)5-14-8-3-2-7(12)4-9(8)18-11(14)16/h2-4,13H,5H2,1H3. The van der Waals surface area contributed by atoms with Crippen molar-refractivity contribution in [1.82, 2.24) is 4.57 Å². The van der Waals surface area contributed by atoms with Crippen molar-refractivity contribution in [2.75, 3.05) is 0 Å². The lowest BCUT2D eigenvalue weighted by Crippen LogP contribution is -2.21. The molecule has 0 saturated carbocycles. The number of carbonyl (C=O) groups is 1. The van der Waals surface area contributed by atoms with Crippen LogP contribution < -0.4 is 4.87 Å². The van der Waals surface area contributed by atoms with E-state index in [0.29, 0.717) is 0 Å². The highest BCUT2D eigenvalue weighted by Crippen LogP contribution is 2.22. The maximum atomic E-state index is 11.8. The van der Waals surface area contributed by atoms with E-state index in [4.69, 9.17) is 5.41 Å². The first kappa shape index (κ1) is 13.0. The third kappa shape index (κ3) is 2.68. The van der Waals surface area contributed by atoms with Gasteiger partial charge < -0.3 is 4.74 Å². The molecule has 0 atom stereocenters. The number of thiazole rings is 1. The number of benzene rings is 1. The molecule has 0 aliphatic carbocycles. The van der Waals surface area contributed by atoms with E-state index in [2.05, 4.69) is 20.7 Å². The highest BCUT2D eigenvalue weighted by Gasteiger charge is 2.11. The molecule has 18 heavy (non-hydrogen) atoms. The zero-order valence-corrected chi connectivity index (χ0v) is 11.8. The van der Waals surface area contributed by atoms with E-state index in [9.17, 15) is 9.59 Å². The van der Waals surface area contributed by atoms with Gasteiger partial charge in [-0.3, -0.25) is 19.6 Å². The summed E-state index contributed by atoms with van der Waals surface area (Å²) in [6.07, 6.45) is 0. The second-order valence-corrected chi connectivity index (χ2v) is 5.49. The fourth-order valence-electron chi connectivity index (χ4n) is 1.54. The van der Waals surface area contributed by atoms with Crippen molar-refractivity contribution in [2.45, 2.75) is 13.5 Å². The van der Waals surface area contributed by atoms with E-state index in [-0.39, 0.29) is 17.3 Å². The minimum Gasteiger partial charge on any atom is -0.410 e. The minimum atomic E-state index is -0.560. The van der Waals surface area contributed by atoms with Gasteiger partial charge in [-0.25, -0.2) is 0 Å². The number of esters is 1. The summed E-state index contributed by atoms with van der Waals surface area (Å²) < 4.78 is 7.76. The Morgan fingerprint density at radius 2 is 2.28 bits per heavy atom. The molecule has 5 nitrogen and oxygen atoms in total. The largest absolute Gasteiger partial charge is 0.410 e. The summed E-state index contributed by atoms with van der Waals surface area (Å²) in [5, 5.41) is 7.50. The molecule has 0 bridgehead atoms. The molecule has 2 rings (SSSR count). The number of aromatic nitrogens is 1. The van der Waals surface area contributed by atoms with Gasteiger partial charge in [-0.2, -0.15) is 0 Å². The fourth-order valence-corrected chi connectivity index (χ4v) is 2.98. The average molecular weight is 329 g/mol. The smallest absolute Gasteiger partial charge is 0.309 e. The maximum Gasteiger partial charge on any atom is 0.309 e. The molecule has 1 heterocycles. The van der Waals surface area contributed by atoms with Crippen LogP contribution in [0.15, 0.2) is 27.5 Å². The number of rotatable bonds is 2. The Morgan fingerprint density at radius 3 is 2.94 bits per heavy atom. The lowest BCUT2D eigenvalue weighted by atomic mass is 10.3. The number of hydrogen-bond donors (Lipinski definition) is 1. The number of ether oxygens (including phenoxy) is 1. The van der Waals surface area contributed by atoms with E-state index in [1.54, 1.807) is 6.07 Å². The Labute approximate surface area is 115 Å². The number of nitrogens with zero attached hydrogens (tertiary/aromatic N) is 1. The van der Waals surface area contributed by atoms with Gasteiger partial charge in [0.05, 0.1) is 10.2 Å². The van der Waals surface area contributed by atoms with Gasteiger partial charge in [-0.1, -0.05) is 27.3 Å². The van der Waals surface area contributed by atoms with Crippen LogP contribution in [-0.4, -0.2) is 16.4 Å². The summed E-state index contributed by atoms with van der Waals surface area (Å²) in [5.74, 6) is -0.803. The van der Waals surface area contributed by atoms with Crippen molar-refractivity contribution >= 4 is 49.4 Å². The van der Waals surface area contributed by atoms with Crippen LogP contribution in [0.2, 0.25) is 0 Å². The van der Waals surface area contributed by atoms with Gasteiger partial charge in [0.15, 0.2) is 0 Å². The first-order valence-corrected chi connectivity index (χ1v) is 6.63. The third-order valence-corrected chi connectivity index (χ3v) is 3.63. The molecule has 0 unspecified atom stereocenters. The molecule has 0 spiro atoms. The average Bonchev–Trinajstić information content (AvgIpc) is 2.53. The molecule has 1 N–H and O–H groups in total. The van der Waals surface area contributed by atoms with Crippen LogP contribution in [0.25, 0.3) is 10.2 Å². The summed E-state index contributed by atoms with van der Waals surface area (Å²) in [7, 11) is 0. The first-order valence-electron chi connectivity index (χ1n) is 5.02. The summed E-state index contributed by atoms with van der Waals surface area (Å²) in [5.41, 5.74) is 0.727. The SMILES string of the molecule is CC(=O)OC(=N)Cn1c(=O)sc2cc(Br)ccc21. The minimum absolute atomic E-state index is 0.0416. The lowest BCUT2D eigenvalue weighted by Gasteiger charge is -2.04. The normalized spacial score (nSPS) is 10.6. The summed E-state index contributed by atoms with van der Waals surface area (Å²) in [6.45, 7) is 1.18. The van der Waals surface area contributed by atoms with Gasteiger partial charge in [0.1, 0.15) is 6.54 Å². The Morgan fingerprint density at radius 1 is 1.56 bits per heavy atom. The van der Waals surface area contributed by atoms with Crippen LogP contribution in [0.1, 0.15) is 6.92 Å². The summed E-state index contributed by atoms with van der Waals surface area (Å²) in [4.78, 5) is 22.3. The van der Waals surface area contributed by atoms with Crippen molar-refractivity contribution < 1.29 is 9.53 Å². The predicted molar refractivity (Wildman–Crippen MR) is 73.3 cm³/mol. The van der Waals surface area contributed by atoms with E-state index >= 15 is 0 Å². The molecule has 1 aromatic heterocycles. The van der Waals surface area contributed by atoms with Crippen molar-refractivity contribution in [1.29, 1.82) is 5.41 Å². The highest BCUT2D eigenvalue weighted by molar-refractivity contribution is 9.10. The van der Waals surface area contributed by atoms with Crippen molar-refractivity contribution in [3.05, 3.63) is 32.3 Å². The molecule has 0 aliphatic rings. The number of hydrogen-bond acceptors (Lipinski definition) is 5. The quantitative estimate of drug-likeness (QED) is 0.522. The second kappa shape index (κ2) is 5.03. The summed E-state index contributed by atoms with van der Waals surface area (Å²) >= 11 is 4.43. The number of nitrogens with one attached hydrogen (secondary N) is 1. The Bertz CT molecular complexity index is 689. The Hall–Kier alpha value is -1.47. The second-order valence-electron chi connectivity index (χ2n) is 3.58. The zero-order valence-electron chi connectivity index (χ0n) is 9.40. The Balaban J connectivity index is 2.39. The molecule has 1 aromatic carbocycles. The van der Waals surface area contributed by atoms with Gasteiger partial charge in [0.25, 0.3) is 0 Å². The van der Waals surface area contributed by atoms with Crippen LogP contribution in [0.3, 0.4) is 0 Å². The van der Waals surface area contributed by atoms with Gasteiger partial charge in [-0.05, 0) is 18.2 Å². The van der Waals surface area contributed by atoms with Crippen LogP contribution in [0, 0.1) is 5.41 Å². The molecule has 2 aromatic rings. The molecule has 7 heteroatoms. The molecule has 0 fully saturated rings. The number of fused-ring (bicyclic) bond motifs is 1. The number of carbonyl (C=O) groups excluding carboxylic acids is 1. The highest BCUT2D eigenvalue weighted by atomic mass is 79.9. The first-order chi connectivity index (χ1) is 8.47. The Kier molecular flexibility index (Phi) is 3.63. The van der Waals surface area contributed by atoms with Crippen LogP contribution in [-0.2, 0) is 16.1 Å².